The number of nitrogens with zero attached hydrogens (tertiary/aromatic N) is 1. The molecule has 210 valence electrons. The second-order valence-electron chi connectivity index (χ2n) is 10.5. The topological polar surface area (TPSA) is 59.8 Å². The maximum atomic E-state index is 13.8. The summed E-state index contributed by atoms with van der Waals surface area (Å²) in [4.78, 5) is 28.8. The third kappa shape index (κ3) is 8.66. The predicted molar refractivity (Wildman–Crippen MR) is 161 cm³/mol. The molecule has 39 heavy (non-hydrogen) atoms. The summed E-state index contributed by atoms with van der Waals surface area (Å²) >= 11 is 0. The van der Waals surface area contributed by atoms with Crippen molar-refractivity contribution >= 4 is 28.8 Å². The maximum absolute atomic E-state index is 13.8. The zero-order chi connectivity index (χ0) is 28.2. The average molecular weight is 532 g/mol. The molecule has 0 N–H and O–H groups in total. The van der Waals surface area contributed by atoms with Gasteiger partial charge in [0.1, 0.15) is 11.3 Å². The number of ether oxygens (including phenoxy) is 1. The highest BCUT2D eigenvalue weighted by molar-refractivity contribution is 6.17. The van der Waals surface area contributed by atoms with E-state index in [9.17, 15) is 9.59 Å². The lowest BCUT2D eigenvalue weighted by Gasteiger charge is -2.19. The fourth-order valence-electron chi connectivity index (χ4n) is 4.61. The van der Waals surface area contributed by atoms with Gasteiger partial charge >= 0.3 is 5.97 Å². The number of furan rings is 1. The average Bonchev–Trinajstić information content (AvgIpc) is 3.30. The lowest BCUT2D eigenvalue weighted by molar-refractivity contribution is 0.0378. The van der Waals surface area contributed by atoms with Crippen molar-refractivity contribution < 1.29 is 18.7 Å². The summed E-state index contributed by atoms with van der Waals surface area (Å²) in [7, 11) is 0. The highest BCUT2D eigenvalue weighted by atomic mass is 16.5. The van der Waals surface area contributed by atoms with Gasteiger partial charge < -0.3 is 9.15 Å². The molecule has 0 saturated heterocycles. The van der Waals surface area contributed by atoms with E-state index in [1.165, 1.54) is 25.7 Å². The number of rotatable bonds is 16. The minimum Gasteiger partial charge on any atom is -0.460 e. The second-order valence-corrected chi connectivity index (χ2v) is 10.5. The number of ketones is 1. The standard InChI is InChI=1S/C34H45NO4/c1-6-9-14-31-32(29-24-28(19-20-30(29)39-31)34(37)38-25(4)5)33(36)27-17-15-26(16-18-27)13-12-23-35(21-10-7-2)22-11-8-3/h12-13,15-20,24-25H,6-11,14,21-23H2,1-5H3/b13-12+. The van der Waals surface area contributed by atoms with Gasteiger partial charge in [0.05, 0.1) is 17.2 Å². The first-order valence-corrected chi connectivity index (χ1v) is 14.7. The normalized spacial score (nSPS) is 11.8. The van der Waals surface area contributed by atoms with Gasteiger partial charge in [0, 0.05) is 23.9 Å². The third-order valence-corrected chi connectivity index (χ3v) is 6.83. The molecule has 1 aromatic heterocycles. The van der Waals surface area contributed by atoms with Crippen molar-refractivity contribution in [2.24, 2.45) is 0 Å². The summed E-state index contributed by atoms with van der Waals surface area (Å²) in [5.41, 5.74) is 3.25. The van der Waals surface area contributed by atoms with E-state index in [0.29, 0.717) is 39.8 Å². The van der Waals surface area contributed by atoms with Crippen LogP contribution in [0, 0.1) is 0 Å². The molecule has 5 heteroatoms. The van der Waals surface area contributed by atoms with E-state index in [2.05, 4.69) is 37.8 Å². The van der Waals surface area contributed by atoms with Crippen LogP contribution < -0.4 is 0 Å². The SMILES string of the molecule is CCCCc1oc2ccc(C(=O)OC(C)C)cc2c1C(=O)c1ccc(/C=C/CN(CCCC)CCCC)cc1. The maximum Gasteiger partial charge on any atom is 0.338 e. The number of unbranched alkanes of at least 4 members (excludes halogenated alkanes) is 3. The zero-order valence-electron chi connectivity index (χ0n) is 24.4. The number of carbonyl (C=O) groups excluding carboxylic acids is 2. The molecule has 1 heterocycles. The van der Waals surface area contributed by atoms with Crippen LogP contribution in [0.3, 0.4) is 0 Å². The van der Waals surface area contributed by atoms with Crippen LogP contribution in [0.15, 0.2) is 53.0 Å². The Morgan fingerprint density at radius 3 is 2.15 bits per heavy atom. The quantitative estimate of drug-likeness (QED) is 0.137. The number of aryl methyl sites for hydroxylation is 1. The highest BCUT2D eigenvalue weighted by Gasteiger charge is 2.23. The number of esters is 1. The van der Waals surface area contributed by atoms with Crippen molar-refractivity contribution in [3.8, 4) is 0 Å². The molecular formula is C34H45NO4. The van der Waals surface area contributed by atoms with Gasteiger partial charge in [-0.2, -0.15) is 0 Å². The van der Waals surface area contributed by atoms with Gasteiger partial charge in [0.15, 0.2) is 5.78 Å². The Morgan fingerprint density at radius 2 is 1.54 bits per heavy atom. The van der Waals surface area contributed by atoms with E-state index in [0.717, 1.165) is 38.0 Å². The fraction of sp³-hybridized carbons (Fsp3) is 0.471. The van der Waals surface area contributed by atoms with Crippen molar-refractivity contribution in [2.45, 2.75) is 85.7 Å². The van der Waals surface area contributed by atoms with E-state index in [1.54, 1.807) is 18.2 Å². The van der Waals surface area contributed by atoms with Gasteiger partial charge in [-0.1, -0.05) is 76.5 Å². The van der Waals surface area contributed by atoms with Gasteiger partial charge in [0.25, 0.3) is 0 Å². The predicted octanol–water partition coefficient (Wildman–Crippen LogP) is 8.49. The highest BCUT2D eigenvalue weighted by Crippen LogP contribution is 2.31. The number of hydrogen-bond acceptors (Lipinski definition) is 5. The molecular weight excluding hydrogens is 486 g/mol. The van der Waals surface area contributed by atoms with E-state index in [4.69, 9.17) is 9.15 Å². The van der Waals surface area contributed by atoms with Gasteiger partial charge in [-0.3, -0.25) is 9.69 Å². The van der Waals surface area contributed by atoms with Crippen LogP contribution in [-0.4, -0.2) is 42.4 Å². The Morgan fingerprint density at radius 1 is 0.897 bits per heavy atom. The van der Waals surface area contributed by atoms with Crippen LogP contribution in [0.1, 0.15) is 111 Å². The molecule has 0 aliphatic heterocycles. The van der Waals surface area contributed by atoms with Gasteiger partial charge in [-0.25, -0.2) is 4.79 Å². The summed E-state index contributed by atoms with van der Waals surface area (Å²) in [6.07, 6.45) is 11.6. The molecule has 0 aliphatic carbocycles. The van der Waals surface area contributed by atoms with Crippen molar-refractivity contribution in [1.82, 2.24) is 4.90 Å². The molecule has 0 radical (unpaired) electrons. The van der Waals surface area contributed by atoms with Crippen molar-refractivity contribution in [1.29, 1.82) is 0 Å². The van der Waals surface area contributed by atoms with E-state index >= 15 is 0 Å². The molecule has 5 nitrogen and oxygen atoms in total. The summed E-state index contributed by atoms with van der Waals surface area (Å²) in [6.45, 7) is 13.4. The molecule has 3 aromatic rings. The Bertz CT molecular complexity index is 1230. The van der Waals surface area contributed by atoms with Crippen LogP contribution in [0.25, 0.3) is 17.0 Å². The Hall–Kier alpha value is -3.18. The number of fused-ring (bicyclic) bond motifs is 1. The molecule has 0 fully saturated rings. The van der Waals surface area contributed by atoms with E-state index in [1.807, 2.05) is 38.1 Å². The minimum atomic E-state index is -0.402. The Labute approximate surface area is 234 Å². The van der Waals surface area contributed by atoms with Crippen LogP contribution in [-0.2, 0) is 11.2 Å². The molecule has 0 aliphatic rings. The molecule has 3 rings (SSSR count). The van der Waals surface area contributed by atoms with E-state index < -0.39 is 5.97 Å². The lowest BCUT2D eigenvalue weighted by Crippen LogP contribution is -2.26. The van der Waals surface area contributed by atoms with Crippen molar-refractivity contribution in [3.05, 3.63) is 76.6 Å². The summed E-state index contributed by atoms with van der Waals surface area (Å²) in [5, 5.41) is 0.660. The Kier molecular flexibility index (Phi) is 12.0. The summed E-state index contributed by atoms with van der Waals surface area (Å²) in [6, 6.07) is 12.9. The molecule has 0 amide bonds. The molecule has 0 spiro atoms. The summed E-state index contributed by atoms with van der Waals surface area (Å²) < 4.78 is 11.5. The molecule has 0 unspecified atom stereocenters. The first-order valence-electron chi connectivity index (χ1n) is 14.7. The second kappa shape index (κ2) is 15.4. The van der Waals surface area contributed by atoms with Crippen LogP contribution in [0.5, 0.6) is 0 Å². The molecule has 0 saturated carbocycles. The zero-order valence-corrected chi connectivity index (χ0v) is 24.4. The fourth-order valence-corrected chi connectivity index (χ4v) is 4.61. The molecule has 0 atom stereocenters. The first kappa shape index (κ1) is 30.4. The molecule has 0 bridgehead atoms. The third-order valence-electron chi connectivity index (χ3n) is 6.83. The number of hydrogen-bond donors (Lipinski definition) is 0. The largest absolute Gasteiger partial charge is 0.460 e. The monoisotopic (exact) mass is 531 g/mol. The minimum absolute atomic E-state index is 0.0879. The lowest BCUT2D eigenvalue weighted by atomic mass is 9.97. The van der Waals surface area contributed by atoms with Crippen molar-refractivity contribution in [2.75, 3.05) is 19.6 Å². The van der Waals surface area contributed by atoms with Gasteiger partial charge in [-0.05, 0) is 70.0 Å². The van der Waals surface area contributed by atoms with Gasteiger partial charge in [0.2, 0.25) is 0 Å². The van der Waals surface area contributed by atoms with Crippen molar-refractivity contribution in [3.63, 3.8) is 0 Å². The smallest absolute Gasteiger partial charge is 0.338 e. The number of benzene rings is 2. The first-order chi connectivity index (χ1) is 18.9. The number of carbonyl (C=O) groups is 2. The Balaban J connectivity index is 1.83. The van der Waals surface area contributed by atoms with E-state index in [-0.39, 0.29) is 11.9 Å². The van der Waals surface area contributed by atoms with Crippen LogP contribution in [0.2, 0.25) is 0 Å². The van der Waals surface area contributed by atoms with Crippen LogP contribution in [0.4, 0.5) is 0 Å². The van der Waals surface area contributed by atoms with Gasteiger partial charge in [-0.15, -0.1) is 0 Å². The molecule has 2 aromatic carbocycles. The summed E-state index contributed by atoms with van der Waals surface area (Å²) in [5.74, 6) is 0.185. The van der Waals surface area contributed by atoms with Crippen LogP contribution >= 0.6 is 0 Å².